The maximum absolute atomic E-state index is 13.0. The largest absolute Gasteiger partial charge is 0.335 e. The minimum atomic E-state index is -0.808. The first-order chi connectivity index (χ1) is 9.56. The van der Waals surface area contributed by atoms with E-state index in [1.54, 1.807) is 12.3 Å². The van der Waals surface area contributed by atoms with Gasteiger partial charge < -0.3 is 9.88 Å². The summed E-state index contributed by atoms with van der Waals surface area (Å²) in [6, 6.07) is 3.98. The Bertz CT molecular complexity index is 566. The van der Waals surface area contributed by atoms with Gasteiger partial charge >= 0.3 is 0 Å². The Hall–Kier alpha value is -1.75. The molecule has 0 saturated carbocycles. The number of aryl methyl sites for hydroxylation is 1. The van der Waals surface area contributed by atoms with Gasteiger partial charge in [0.15, 0.2) is 11.6 Å². The first kappa shape index (κ1) is 14.7. The molecule has 0 aliphatic rings. The molecule has 2 aromatic rings. The van der Waals surface area contributed by atoms with E-state index in [4.69, 9.17) is 0 Å². The van der Waals surface area contributed by atoms with Gasteiger partial charge in [0.05, 0.1) is 0 Å². The van der Waals surface area contributed by atoms with Crippen LogP contribution in [0.1, 0.15) is 18.3 Å². The highest BCUT2D eigenvalue weighted by Gasteiger charge is 2.06. The number of rotatable bonds is 6. The fraction of sp³-hybridized carbons (Fsp3) is 0.400. The van der Waals surface area contributed by atoms with Gasteiger partial charge in [-0.15, -0.1) is 0 Å². The fourth-order valence-corrected chi connectivity index (χ4v) is 2.11. The van der Waals surface area contributed by atoms with Gasteiger partial charge in [-0.05, 0) is 37.1 Å². The van der Waals surface area contributed by atoms with Crippen molar-refractivity contribution >= 4 is 0 Å². The van der Waals surface area contributed by atoms with E-state index < -0.39 is 11.6 Å². The van der Waals surface area contributed by atoms with Crippen molar-refractivity contribution in [3.8, 4) is 0 Å². The topological polar surface area (TPSA) is 29.9 Å². The van der Waals surface area contributed by atoms with Crippen LogP contribution >= 0.6 is 0 Å². The maximum atomic E-state index is 13.0. The second kappa shape index (κ2) is 6.61. The smallest absolute Gasteiger partial charge is 0.159 e. The first-order valence-electron chi connectivity index (χ1n) is 6.68. The SMILES string of the molecule is Cc1nccn1CC(C)CNCc1ccc(F)c(F)c1. The van der Waals surface area contributed by atoms with Crippen LogP contribution in [0.15, 0.2) is 30.6 Å². The van der Waals surface area contributed by atoms with Gasteiger partial charge in [-0.1, -0.05) is 13.0 Å². The van der Waals surface area contributed by atoms with Crippen molar-refractivity contribution in [2.24, 2.45) is 5.92 Å². The summed E-state index contributed by atoms with van der Waals surface area (Å²) in [6.45, 7) is 6.33. The third-order valence-corrected chi connectivity index (χ3v) is 3.24. The quantitative estimate of drug-likeness (QED) is 0.881. The van der Waals surface area contributed by atoms with Crippen molar-refractivity contribution in [3.05, 3.63) is 53.6 Å². The molecule has 5 heteroatoms. The Kier molecular flexibility index (Phi) is 4.84. The van der Waals surface area contributed by atoms with E-state index >= 15 is 0 Å². The molecule has 0 bridgehead atoms. The van der Waals surface area contributed by atoms with Gasteiger partial charge in [0.25, 0.3) is 0 Å². The zero-order valence-corrected chi connectivity index (χ0v) is 11.7. The van der Waals surface area contributed by atoms with Gasteiger partial charge in [-0.2, -0.15) is 0 Å². The third kappa shape index (κ3) is 3.87. The Morgan fingerprint density at radius 2 is 2.10 bits per heavy atom. The molecule has 0 aliphatic heterocycles. The maximum Gasteiger partial charge on any atom is 0.159 e. The predicted octanol–water partition coefficient (Wildman–Crippen LogP) is 2.90. The highest BCUT2D eigenvalue weighted by Crippen LogP contribution is 2.09. The van der Waals surface area contributed by atoms with Crippen LogP contribution in [-0.4, -0.2) is 16.1 Å². The summed E-state index contributed by atoms with van der Waals surface area (Å²) in [4.78, 5) is 4.18. The summed E-state index contributed by atoms with van der Waals surface area (Å²) in [6.07, 6.45) is 3.75. The van der Waals surface area contributed by atoms with Crippen molar-refractivity contribution < 1.29 is 8.78 Å². The van der Waals surface area contributed by atoms with E-state index in [9.17, 15) is 8.78 Å². The number of hydrogen-bond donors (Lipinski definition) is 1. The first-order valence-corrected chi connectivity index (χ1v) is 6.68. The lowest BCUT2D eigenvalue weighted by Gasteiger charge is -2.14. The van der Waals surface area contributed by atoms with Crippen molar-refractivity contribution in [1.82, 2.24) is 14.9 Å². The Labute approximate surface area is 117 Å². The van der Waals surface area contributed by atoms with Crippen LogP contribution in [0, 0.1) is 24.5 Å². The molecule has 1 N–H and O–H groups in total. The molecule has 20 heavy (non-hydrogen) atoms. The fourth-order valence-electron chi connectivity index (χ4n) is 2.11. The number of hydrogen-bond acceptors (Lipinski definition) is 2. The molecule has 1 unspecified atom stereocenters. The Balaban J connectivity index is 1.77. The lowest BCUT2D eigenvalue weighted by Crippen LogP contribution is -2.24. The van der Waals surface area contributed by atoms with Crippen molar-refractivity contribution in [2.45, 2.75) is 26.9 Å². The van der Waals surface area contributed by atoms with Crippen LogP contribution in [0.5, 0.6) is 0 Å². The van der Waals surface area contributed by atoms with Gasteiger partial charge in [0.1, 0.15) is 5.82 Å². The summed E-state index contributed by atoms with van der Waals surface area (Å²) in [7, 11) is 0. The minimum Gasteiger partial charge on any atom is -0.335 e. The van der Waals surface area contributed by atoms with E-state index in [0.29, 0.717) is 12.5 Å². The number of nitrogens with one attached hydrogen (secondary N) is 1. The molecule has 0 radical (unpaired) electrons. The van der Waals surface area contributed by atoms with E-state index in [1.807, 2.05) is 13.1 Å². The molecular weight excluding hydrogens is 260 g/mol. The highest BCUT2D eigenvalue weighted by atomic mass is 19.2. The standard InChI is InChI=1S/C15H19F2N3/c1-11(10-20-6-5-19-12(20)2)8-18-9-13-3-4-14(16)15(17)7-13/h3-7,11,18H,8-10H2,1-2H3. The van der Waals surface area contributed by atoms with Crippen LogP contribution in [0.25, 0.3) is 0 Å². The number of nitrogens with zero attached hydrogens (tertiary/aromatic N) is 2. The molecule has 1 heterocycles. The van der Waals surface area contributed by atoms with E-state index in [2.05, 4.69) is 21.8 Å². The molecule has 1 aromatic heterocycles. The normalized spacial score (nSPS) is 12.6. The zero-order valence-electron chi connectivity index (χ0n) is 11.7. The molecule has 0 spiro atoms. The molecule has 0 saturated heterocycles. The molecular formula is C15H19F2N3. The highest BCUT2D eigenvalue weighted by molar-refractivity contribution is 5.17. The molecule has 1 atom stereocenters. The summed E-state index contributed by atoms with van der Waals surface area (Å²) in [5.41, 5.74) is 0.745. The second-order valence-corrected chi connectivity index (χ2v) is 5.11. The Morgan fingerprint density at radius 1 is 1.30 bits per heavy atom. The van der Waals surface area contributed by atoms with Gasteiger partial charge in [0, 0.05) is 25.5 Å². The summed E-state index contributed by atoms with van der Waals surface area (Å²) < 4.78 is 27.9. The monoisotopic (exact) mass is 279 g/mol. The van der Waals surface area contributed by atoms with Crippen molar-refractivity contribution in [1.29, 1.82) is 0 Å². The van der Waals surface area contributed by atoms with Gasteiger partial charge in [-0.3, -0.25) is 0 Å². The van der Waals surface area contributed by atoms with Gasteiger partial charge in [-0.25, -0.2) is 13.8 Å². The summed E-state index contributed by atoms with van der Waals surface area (Å²) in [5.74, 6) is -0.185. The average Bonchev–Trinajstić information content (AvgIpc) is 2.79. The zero-order chi connectivity index (χ0) is 14.5. The number of aromatic nitrogens is 2. The van der Waals surface area contributed by atoms with Crippen LogP contribution in [0.3, 0.4) is 0 Å². The van der Waals surface area contributed by atoms with Crippen molar-refractivity contribution in [2.75, 3.05) is 6.54 Å². The van der Waals surface area contributed by atoms with Crippen molar-refractivity contribution in [3.63, 3.8) is 0 Å². The molecule has 1 aromatic carbocycles. The number of imidazole rings is 1. The molecule has 0 aliphatic carbocycles. The number of benzene rings is 1. The predicted molar refractivity (Wildman–Crippen MR) is 74.2 cm³/mol. The van der Waals surface area contributed by atoms with E-state index in [0.717, 1.165) is 30.5 Å². The van der Waals surface area contributed by atoms with Crippen LogP contribution in [-0.2, 0) is 13.1 Å². The van der Waals surface area contributed by atoms with Gasteiger partial charge in [0.2, 0.25) is 0 Å². The molecule has 3 nitrogen and oxygen atoms in total. The molecule has 0 amide bonds. The summed E-state index contributed by atoms with van der Waals surface area (Å²) in [5, 5.41) is 3.26. The van der Waals surface area contributed by atoms with Crippen LogP contribution in [0.4, 0.5) is 8.78 Å². The Morgan fingerprint density at radius 3 is 2.75 bits per heavy atom. The minimum absolute atomic E-state index is 0.424. The molecule has 2 rings (SSSR count). The van der Waals surface area contributed by atoms with Crippen LogP contribution < -0.4 is 5.32 Å². The number of halogens is 2. The van der Waals surface area contributed by atoms with E-state index in [1.165, 1.54) is 6.07 Å². The third-order valence-electron chi connectivity index (χ3n) is 3.24. The lowest BCUT2D eigenvalue weighted by molar-refractivity contribution is 0.439. The second-order valence-electron chi connectivity index (χ2n) is 5.11. The van der Waals surface area contributed by atoms with Crippen LogP contribution in [0.2, 0.25) is 0 Å². The molecule has 0 fully saturated rings. The average molecular weight is 279 g/mol. The summed E-state index contributed by atoms with van der Waals surface area (Å²) >= 11 is 0. The lowest BCUT2D eigenvalue weighted by atomic mass is 10.1. The van der Waals surface area contributed by atoms with E-state index in [-0.39, 0.29) is 0 Å². The molecule has 108 valence electrons.